The van der Waals surface area contributed by atoms with E-state index in [1.807, 2.05) is 0 Å². The van der Waals surface area contributed by atoms with E-state index in [1.54, 1.807) is 0 Å². The van der Waals surface area contributed by atoms with Crippen LogP contribution in [0.15, 0.2) is 17.3 Å². The number of nitrogens with one attached hydrogen (secondary N) is 2. The summed E-state index contributed by atoms with van der Waals surface area (Å²) in [7, 11) is -4.07. The topological polar surface area (TPSA) is 127 Å². The average molecular weight is 246 g/mol. The number of hydrogen-bond acceptors (Lipinski definition) is 5. The summed E-state index contributed by atoms with van der Waals surface area (Å²) in [6.07, 6.45) is 1.29. The molecule has 1 aromatic heterocycles. The van der Waals surface area contributed by atoms with Gasteiger partial charge in [-0.25, -0.2) is 4.79 Å². The summed E-state index contributed by atoms with van der Waals surface area (Å²) in [5.74, 6) is 0. The second-order valence-electron chi connectivity index (χ2n) is 1.92. The molecule has 0 unspecified atom stereocenters. The van der Waals surface area contributed by atoms with Crippen LogP contribution in [0, 0.1) is 0 Å². The van der Waals surface area contributed by atoms with Crippen LogP contribution in [-0.4, -0.2) is 76.0 Å². The fourth-order valence-electron chi connectivity index (χ4n) is 0.525. The molecule has 0 aliphatic heterocycles. The normalized spacial score (nSPS) is 10.3. The summed E-state index contributed by atoms with van der Waals surface area (Å²) in [6.45, 7) is 0. The Bertz CT molecular complexity index is 387. The predicted molar refractivity (Wildman–Crippen MR) is 46.7 cm³/mol. The van der Waals surface area contributed by atoms with E-state index in [0.29, 0.717) is 0 Å². The van der Waals surface area contributed by atoms with Crippen molar-refractivity contribution in [2.45, 2.75) is 5.03 Å². The van der Waals surface area contributed by atoms with E-state index in [4.69, 9.17) is 0 Å². The third kappa shape index (κ3) is 4.04. The molecule has 8 nitrogen and oxygen atoms in total. The van der Waals surface area contributed by atoms with E-state index in [0.717, 1.165) is 6.07 Å². The molecule has 0 spiro atoms. The van der Waals surface area contributed by atoms with Crippen LogP contribution in [0.25, 0.3) is 0 Å². The molecule has 1 aromatic rings. The first-order valence-corrected chi connectivity index (χ1v) is 4.42. The molecule has 0 saturated heterocycles. The van der Waals surface area contributed by atoms with Gasteiger partial charge in [-0.1, -0.05) is 0 Å². The zero-order chi connectivity index (χ0) is 9.90. The van der Waals surface area contributed by atoms with Crippen LogP contribution in [0.2, 0.25) is 0 Å². The molecule has 0 aliphatic rings. The number of amides is 2. The monoisotopic (exact) mass is 246 g/mol. The van der Waals surface area contributed by atoms with Gasteiger partial charge in [-0.3, -0.25) is 5.10 Å². The number of carbonyl (C=O) groups excluding carboxylic acids is 1. The van der Waals surface area contributed by atoms with Gasteiger partial charge in [0.25, 0.3) is 0 Å². The van der Waals surface area contributed by atoms with Gasteiger partial charge < -0.3 is 5.73 Å². The summed E-state index contributed by atoms with van der Waals surface area (Å²) in [4.78, 5) is 10.1. The van der Waals surface area contributed by atoms with E-state index in [-0.39, 0.29) is 56.4 Å². The van der Waals surface area contributed by atoms with Gasteiger partial charge in [0.05, 0.1) is 0 Å². The molecule has 0 radical (unpaired) electrons. The Kier molecular flexibility index (Phi) is 5.81. The van der Waals surface area contributed by atoms with Crippen molar-refractivity contribution in [2.24, 2.45) is 5.73 Å². The average Bonchev–Trinajstić information content (AvgIpc) is 2.53. The van der Waals surface area contributed by atoms with Crippen molar-refractivity contribution >= 4 is 67.5 Å². The van der Waals surface area contributed by atoms with Crippen LogP contribution in [0.1, 0.15) is 0 Å². The fourth-order valence-corrected chi connectivity index (χ4v) is 1.20. The summed E-state index contributed by atoms with van der Waals surface area (Å²) in [5, 5.41) is 5.26. The molecule has 0 aliphatic carbocycles. The zero-order valence-electron chi connectivity index (χ0n) is 6.22. The molecule has 1 heterocycles. The van der Waals surface area contributed by atoms with Gasteiger partial charge in [0.15, 0.2) is 0 Å². The van der Waals surface area contributed by atoms with E-state index in [9.17, 15) is 13.2 Å². The summed E-state index contributed by atoms with van der Waals surface area (Å²) < 4.78 is 26.0. The number of carbonyl (C=O) groups is 1. The van der Waals surface area contributed by atoms with Crippen molar-refractivity contribution in [2.75, 3.05) is 0 Å². The molecule has 0 fully saturated rings. The number of hydrogen-bond donors (Lipinski definition) is 3. The van der Waals surface area contributed by atoms with Crippen molar-refractivity contribution in [3.05, 3.63) is 12.3 Å². The van der Waals surface area contributed by atoms with Crippen LogP contribution >= 0.6 is 0 Å². The SMILES string of the molecule is NC(=O)NOS(=O)(=O)c1cc[nH]n1.[KH]. The molecule has 4 N–H and O–H groups in total. The number of hydroxylamine groups is 1. The van der Waals surface area contributed by atoms with Crippen LogP contribution in [0.4, 0.5) is 4.79 Å². The summed E-state index contributed by atoms with van der Waals surface area (Å²) in [6, 6.07) is 0.0528. The Hall–Kier alpha value is 0.0264. The number of aromatic amines is 1. The standard InChI is InChI=1S/C4H6N4O4S.K.H/c5-4(9)8-12-13(10,11)3-1-2-6-7-3;;/h1-2H,(H,6,7)(H3,5,8,9);;. The van der Waals surface area contributed by atoms with Crippen LogP contribution in [-0.2, 0) is 14.4 Å². The van der Waals surface area contributed by atoms with Gasteiger partial charge in [-0.2, -0.15) is 19.0 Å². The second-order valence-corrected chi connectivity index (χ2v) is 3.41. The molecule has 0 atom stereocenters. The first-order valence-electron chi connectivity index (χ1n) is 3.01. The van der Waals surface area contributed by atoms with E-state index >= 15 is 0 Å². The van der Waals surface area contributed by atoms with Crippen LogP contribution < -0.4 is 11.2 Å². The third-order valence-corrected chi connectivity index (χ3v) is 2.03. The van der Waals surface area contributed by atoms with Crippen molar-refractivity contribution < 1.29 is 17.5 Å². The Morgan fingerprint density at radius 1 is 1.64 bits per heavy atom. The van der Waals surface area contributed by atoms with Gasteiger partial charge in [0, 0.05) is 6.20 Å². The Balaban J connectivity index is 0.00000169. The molecule has 74 valence electrons. The predicted octanol–water partition coefficient (Wildman–Crippen LogP) is -1.95. The number of aromatic nitrogens is 2. The number of nitrogens with zero attached hydrogens (tertiary/aromatic N) is 1. The fraction of sp³-hybridized carbons (Fsp3) is 0. The summed E-state index contributed by atoms with van der Waals surface area (Å²) in [5.41, 5.74) is 6.06. The molecule has 0 saturated carbocycles. The number of nitrogens with two attached hydrogens (primary N) is 1. The Morgan fingerprint density at radius 3 is 2.71 bits per heavy atom. The number of primary amides is 1. The summed E-state index contributed by atoms with van der Waals surface area (Å²) >= 11 is 0. The Labute approximate surface area is 122 Å². The van der Waals surface area contributed by atoms with Gasteiger partial charge in [0.1, 0.15) is 0 Å². The van der Waals surface area contributed by atoms with Gasteiger partial charge in [-0.15, -0.1) is 4.28 Å². The number of rotatable bonds is 3. The van der Waals surface area contributed by atoms with Gasteiger partial charge in [-0.05, 0) is 6.07 Å². The van der Waals surface area contributed by atoms with Crippen molar-refractivity contribution in [1.82, 2.24) is 15.7 Å². The first kappa shape index (κ1) is 14.0. The van der Waals surface area contributed by atoms with E-state index in [1.165, 1.54) is 11.7 Å². The van der Waals surface area contributed by atoms with Crippen molar-refractivity contribution in [3.63, 3.8) is 0 Å². The molecule has 0 bridgehead atoms. The number of urea groups is 1. The van der Waals surface area contributed by atoms with Gasteiger partial charge >= 0.3 is 67.5 Å². The van der Waals surface area contributed by atoms with E-state index in [2.05, 4.69) is 20.2 Å². The molecule has 1 rings (SSSR count). The Morgan fingerprint density at radius 2 is 2.29 bits per heavy atom. The number of H-pyrrole nitrogens is 1. The molecule has 10 heteroatoms. The van der Waals surface area contributed by atoms with Gasteiger partial charge in [0.2, 0.25) is 5.03 Å². The maximum absolute atomic E-state index is 11.0. The minimum absolute atomic E-state index is 0. The van der Waals surface area contributed by atoms with Crippen LogP contribution in [0.5, 0.6) is 0 Å². The van der Waals surface area contributed by atoms with Crippen molar-refractivity contribution in [1.29, 1.82) is 0 Å². The molecule has 0 aromatic carbocycles. The second kappa shape index (κ2) is 5.80. The zero-order valence-corrected chi connectivity index (χ0v) is 7.04. The van der Waals surface area contributed by atoms with Crippen molar-refractivity contribution in [3.8, 4) is 0 Å². The molecule has 14 heavy (non-hydrogen) atoms. The molecule has 2 amide bonds. The molecular formula is C4H7KN4O4S. The maximum atomic E-state index is 11.0. The van der Waals surface area contributed by atoms with E-state index < -0.39 is 16.1 Å². The van der Waals surface area contributed by atoms with Crippen LogP contribution in [0.3, 0.4) is 0 Å². The molecular weight excluding hydrogens is 239 g/mol. The third-order valence-electron chi connectivity index (χ3n) is 0.983. The first-order chi connectivity index (χ1) is 6.02. The quantitative estimate of drug-likeness (QED) is 0.422. The minimum atomic E-state index is -4.07.